The van der Waals surface area contributed by atoms with Gasteiger partial charge in [0.05, 0.1) is 18.2 Å². The van der Waals surface area contributed by atoms with Crippen LogP contribution in [0, 0.1) is 5.41 Å². The molecule has 2 rings (SSSR count). The molecule has 1 aliphatic carbocycles. The van der Waals surface area contributed by atoms with Gasteiger partial charge in [-0.25, -0.2) is 0 Å². The number of ether oxygens (including phenoxy) is 1. The number of carbonyl (C=O) groups excluding carboxylic acids is 1. The maximum atomic E-state index is 11.9. The quantitative estimate of drug-likeness (QED) is 0.784. The van der Waals surface area contributed by atoms with Gasteiger partial charge in [-0.15, -0.1) is 0 Å². The Morgan fingerprint density at radius 2 is 2.28 bits per heavy atom. The molecule has 0 unspecified atom stereocenters. The summed E-state index contributed by atoms with van der Waals surface area (Å²) in [5.74, 6) is 0.159. The Kier molecular flexibility index (Phi) is 3.85. The third kappa shape index (κ3) is 3.19. The number of aliphatic hydroxyl groups is 1. The van der Waals surface area contributed by atoms with E-state index in [1.54, 1.807) is 0 Å². The van der Waals surface area contributed by atoms with Crippen LogP contribution in [0.15, 0.2) is 16.3 Å². The lowest BCUT2D eigenvalue weighted by Gasteiger charge is -2.28. The van der Waals surface area contributed by atoms with Crippen molar-refractivity contribution >= 4 is 12.0 Å². The smallest absolute Gasteiger partial charge is 0.168 e. The fraction of sp³-hybridized carbons (Fsp3) is 0.714. The topological polar surface area (TPSA) is 58.9 Å². The molecule has 100 valence electrons. The Morgan fingerprint density at radius 1 is 1.50 bits per heavy atom. The van der Waals surface area contributed by atoms with Gasteiger partial charge in [0.15, 0.2) is 5.78 Å². The average molecular weight is 251 g/mol. The number of nitrogens with zero attached hydrogens (tertiary/aromatic N) is 1. The van der Waals surface area contributed by atoms with Crippen LogP contribution in [0.5, 0.6) is 0 Å². The maximum Gasteiger partial charge on any atom is 0.168 e. The minimum Gasteiger partial charge on any atom is -0.511 e. The Hall–Kier alpha value is -1.16. The lowest BCUT2D eigenvalue weighted by Crippen LogP contribution is -2.26. The van der Waals surface area contributed by atoms with Gasteiger partial charge < -0.3 is 9.84 Å². The van der Waals surface area contributed by atoms with Crippen LogP contribution < -0.4 is 0 Å². The predicted molar refractivity (Wildman–Crippen MR) is 70.0 cm³/mol. The van der Waals surface area contributed by atoms with Gasteiger partial charge in [-0.2, -0.15) is 0 Å². The molecule has 0 aromatic carbocycles. The molecule has 0 amide bonds. The van der Waals surface area contributed by atoms with Gasteiger partial charge in [-0.1, -0.05) is 13.8 Å². The first-order chi connectivity index (χ1) is 8.48. The Morgan fingerprint density at radius 3 is 2.89 bits per heavy atom. The van der Waals surface area contributed by atoms with Crippen LogP contribution in [0.25, 0.3) is 0 Å². The fourth-order valence-corrected chi connectivity index (χ4v) is 2.50. The van der Waals surface area contributed by atoms with Crippen molar-refractivity contribution in [2.24, 2.45) is 10.4 Å². The molecule has 18 heavy (non-hydrogen) atoms. The highest BCUT2D eigenvalue weighted by molar-refractivity contribution is 6.14. The molecule has 1 aliphatic heterocycles. The molecule has 4 nitrogen and oxygen atoms in total. The van der Waals surface area contributed by atoms with Crippen molar-refractivity contribution in [3.05, 3.63) is 11.3 Å². The zero-order chi connectivity index (χ0) is 13.2. The molecule has 0 radical (unpaired) electrons. The molecule has 0 bridgehead atoms. The number of carbonyl (C=O) groups is 1. The lowest BCUT2D eigenvalue weighted by molar-refractivity contribution is -0.117. The second-order valence-corrected chi connectivity index (χ2v) is 5.93. The summed E-state index contributed by atoms with van der Waals surface area (Å²) in [6, 6.07) is 0. The molecule has 1 saturated heterocycles. The van der Waals surface area contributed by atoms with Crippen molar-refractivity contribution in [3.8, 4) is 0 Å². The van der Waals surface area contributed by atoms with E-state index in [4.69, 9.17) is 4.74 Å². The van der Waals surface area contributed by atoms with Crippen LogP contribution in [-0.2, 0) is 9.53 Å². The number of ketones is 1. The van der Waals surface area contributed by atoms with Crippen LogP contribution in [0.2, 0.25) is 0 Å². The monoisotopic (exact) mass is 251 g/mol. The molecule has 0 aromatic rings. The summed E-state index contributed by atoms with van der Waals surface area (Å²) in [7, 11) is 0. The number of hydrogen-bond acceptors (Lipinski definition) is 4. The van der Waals surface area contributed by atoms with Gasteiger partial charge in [-0.05, 0) is 18.3 Å². The van der Waals surface area contributed by atoms with E-state index in [0.717, 1.165) is 19.4 Å². The second-order valence-electron chi connectivity index (χ2n) is 5.93. The van der Waals surface area contributed by atoms with Crippen molar-refractivity contribution in [1.29, 1.82) is 0 Å². The number of hydrogen-bond donors (Lipinski definition) is 1. The third-order valence-corrected chi connectivity index (χ3v) is 3.45. The summed E-state index contributed by atoms with van der Waals surface area (Å²) in [4.78, 5) is 16.1. The number of Topliss-reactive ketones (excluding diaryl/α,β-unsaturated/α-hetero) is 1. The van der Waals surface area contributed by atoms with Crippen molar-refractivity contribution in [1.82, 2.24) is 0 Å². The van der Waals surface area contributed by atoms with E-state index < -0.39 is 0 Å². The van der Waals surface area contributed by atoms with Crippen LogP contribution in [-0.4, -0.2) is 36.4 Å². The summed E-state index contributed by atoms with van der Waals surface area (Å²) >= 11 is 0. The van der Waals surface area contributed by atoms with Crippen molar-refractivity contribution in [2.45, 2.75) is 45.6 Å². The van der Waals surface area contributed by atoms with Crippen LogP contribution in [0.4, 0.5) is 0 Å². The fourth-order valence-electron chi connectivity index (χ4n) is 2.50. The highest BCUT2D eigenvalue weighted by Gasteiger charge is 2.32. The molecule has 2 aliphatic rings. The number of rotatable bonds is 3. The molecule has 1 N–H and O–H groups in total. The summed E-state index contributed by atoms with van der Waals surface area (Å²) in [5, 5.41) is 9.90. The molecule has 1 fully saturated rings. The van der Waals surface area contributed by atoms with Crippen LogP contribution >= 0.6 is 0 Å². The summed E-state index contributed by atoms with van der Waals surface area (Å²) < 4.78 is 5.45. The standard InChI is InChI=1S/C14H21NO3/c1-14(2)6-12(16)11(13(17)7-14)9-15-8-10-4-3-5-18-10/h9-10,16H,3-8H2,1-2H3/t10-/m1/s1. The van der Waals surface area contributed by atoms with Gasteiger partial charge in [0.25, 0.3) is 0 Å². The SMILES string of the molecule is CC1(C)CC(=O)C(C=NC[C@H]2CCCO2)=C(O)C1. The van der Waals surface area contributed by atoms with E-state index in [0.29, 0.717) is 25.0 Å². The Balaban J connectivity index is 1.99. The zero-order valence-electron chi connectivity index (χ0n) is 11.1. The summed E-state index contributed by atoms with van der Waals surface area (Å²) in [6.45, 7) is 5.36. The summed E-state index contributed by atoms with van der Waals surface area (Å²) in [6.07, 6.45) is 4.83. The van der Waals surface area contributed by atoms with Crippen LogP contribution in [0.3, 0.4) is 0 Å². The van der Waals surface area contributed by atoms with Crippen molar-refractivity contribution < 1.29 is 14.6 Å². The largest absolute Gasteiger partial charge is 0.511 e. The first kappa shape index (κ1) is 13.3. The van der Waals surface area contributed by atoms with E-state index >= 15 is 0 Å². The number of allylic oxidation sites excluding steroid dienone is 2. The highest BCUT2D eigenvalue weighted by Crippen LogP contribution is 2.35. The predicted octanol–water partition coefficient (Wildman–Crippen LogP) is 2.44. The normalized spacial score (nSPS) is 28.3. The molecule has 0 spiro atoms. The Bertz CT molecular complexity index is 390. The highest BCUT2D eigenvalue weighted by atomic mass is 16.5. The van der Waals surface area contributed by atoms with Gasteiger partial charge in [0.1, 0.15) is 5.76 Å². The number of aliphatic imine (C=N–C) groups is 1. The molecule has 0 saturated carbocycles. The molecule has 4 heteroatoms. The molecule has 1 heterocycles. The van der Waals surface area contributed by atoms with E-state index in [1.807, 2.05) is 13.8 Å². The van der Waals surface area contributed by atoms with E-state index in [-0.39, 0.29) is 23.1 Å². The second kappa shape index (κ2) is 5.22. The van der Waals surface area contributed by atoms with Gasteiger partial charge in [0.2, 0.25) is 0 Å². The number of aliphatic hydroxyl groups excluding tert-OH is 1. The van der Waals surface area contributed by atoms with Gasteiger partial charge >= 0.3 is 0 Å². The molecule has 1 atom stereocenters. The minimum atomic E-state index is -0.146. The van der Waals surface area contributed by atoms with Gasteiger partial charge in [0, 0.05) is 25.7 Å². The van der Waals surface area contributed by atoms with E-state index in [1.165, 1.54) is 6.21 Å². The molecular weight excluding hydrogens is 230 g/mol. The average Bonchev–Trinajstić information content (AvgIpc) is 2.73. The van der Waals surface area contributed by atoms with Crippen LogP contribution in [0.1, 0.15) is 39.5 Å². The molecular formula is C14H21NO3. The van der Waals surface area contributed by atoms with Crippen molar-refractivity contribution in [3.63, 3.8) is 0 Å². The minimum absolute atomic E-state index is 0.0140. The first-order valence-electron chi connectivity index (χ1n) is 6.55. The van der Waals surface area contributed by atoms with Crippen molar-refractivity contribution in [2.75, 3.05) is 13.2 Å². The Labute approximate surface area is 108 Å². The first-order valence-corrected chi connectivity index (χ1v) is 6.55. The third-order valence-electron chi connectivity index (χ3n) is 3.45. The van der Waals surface area contributed by atoms with E-state index in [2.05, 4.69) is 4.99 Å². The van der Waals surface area contributed by atoms with Gasteiger partial charge in [-0.3, -0.25) is 9.79 Å². The summed E-state index contributed by atoms with van der Waals surface area (Å²) in [5.41, 5.74) is 0.236. The lowest BCUT2D eigenvalue weighted by atomic mass is 9.77. The molecule has 0 aromatic heterocycles. The van der Waals surface area contributed by atoms with E-state index in [9.17, 15) is 9.90 Å². The zero-order valence-corrected chi connectivity index (χ0v) is 11.1. The maximum absolute atomic E-state index is 11.9.